The van der Waals surface area contributed by atoms with E-state index in [1.807, 2.05) is 13.8 Å². The Bertz CT molecular complexity index is 312. The molecule has 1 aliphatic heterocycles. The quantitative estimate of drug-likeness (QED) is 0.668. The van der Waals surface area contributed by atoms with Gasteiger partial charge >= 0.3 is 12.1 Å². The van der Waals surface area contributed by atoms with E-state index in [4.69, 9.17) is 0 Å². The zero-order valence-corrected chi connectivity index (χ0v) is 11.6. The van der Waals surface area contributed by atoms with Crippen LogP contribution >= 0.6 is 0 Å². The average molecular weight is 301 g/mol. The minimum Gasteiger partial charge on any atom is -0.334 e. The van der Waals surface area contributed by atoms with Gasteiger partial charge in [-0.2, -0.15) is 27.1 Å². The first-order valence-corrected chi connectivity index (χ1v) is 6.76. The van der Waals surface area contributed by atoms with Crippen molar-refractivity contribution in [3.63, 3.8) is 0 Å². The van der Waals surface area contributed by atoms with Crippen molar-refractivity contribution in [2.45, 2.75) is 57.8 Å². The van der Waals surface area contributed by atoms with Crippen LogP contribution < -0.4 is 0 Å². The minimum absolute atomic E-state index is 0.0892. The summed E-state index contributed by atoms with van der Waals surface area (Å²) in [5.41, 5.74) is 0. The van der Waals surface area contributed by atoms with Gasteiger partial charge in [0, 0.05) is 13.1 Å². The van der Waals surface area contributed by atoms with Gasteiger partial charge in [0.15, 0.2) is 6.17 Å². The normalized spacial score (nSPS) is 20.1. The standard InChI is InChI=1S/C12H20F5N3/c1-3-5-7-19-9-18-20(8-6-4-2)10(19)11(13,14)12(15,16)17/h9-10H,3-8H2,1-2H3. The summed E-state index contributed by atoms with van der Waals surface area (Å²) in [6, 6.07) is 0. The molecule has 0 saturated carbocycles. The lowest BCUT2D eigenvalue weighted by Gasteiger charge is -2.36. The van der Waals surface area contributed by atoms with Crippen LogP contribution in [0.25, 0.3) is 0 Å². The molecule has 1 heterocycles. The van der Waals surface area contributed by atoms with Crippen molar-refractivity contribution in [2.75, 3.05) is 13.1 Å². The largest absolute Gasteiger partial charge is 0.457 e. The van der Waals surface area contributed by atoms with E-state index >= 15 is 0 Å². The van der Waals surface area contributed by atoms with Crippen LogP contribution in [0.3, 0.4) is 0 Å². The molecule has 118 valence electrons. The van der Waals surface area contributed by atoms with Gasteiger partial charge in [-0.05, 0) is 12.8 Å². The first-order chi connectivity index (χ1) is 9.25. The summed E-state index contributed by atoms with van der Waals surface area (Å²) in [4.78, 5) is 0.993. The second-order valence-electron chi connectivity index (χ2n) is 4.83. The second-order valence-corrected chi connectivity index (χ2v) is 4.83. The molecule has 8 heteroatoms. The van der Waals surface area contributed by atoms with Gasteiger partial charge in [-0.25, -0.2) is 0 Å². The fourth-order valence-electron chi connectivity index (χ4n) is 1.99. The monoisotopic (exact) mass is 301 g/mol. The van der Waals surface area contributed by atoms with E-state index in [0.717, 1.165) is 16.2 Å². The van der Waals surface area contributed by atoms with Crippen molar-refractivity contribution in [2.24, 2.45) is 5.10 Å². The first-order valence-electron chi connectivity index (χ1n) is 6.76. The van der Waals surface area contributed by atoms with Gasteiger partial charge < -0.3 is 4.90 Å². The maximum Gasteiger partial charge on any atom is 0.457 e. The summed E-state index contributed by atoms with van der Waals surface area (Å²) in [5, 5.41) is 4.58. The number of unbranched alkanes of at least 4 members (excludes halogenated alkanes) is 2. The molecule has 1 rings (SSSR count). The Labute approximate surface area is 115 Å². The van der Waals surface area contributed by atoms with E-state index in [9.17, 15) is 22.0 Å². The lowest BCUT2D eigenvalue weighted by atomic mass is 10.2. The van der Waals surface area contributed by atoms with Gasteiger partial charge in [0.25, 0.3) is 0 Å². The molecule has 20 heavy (non-hydrogen) atoms. The van der Waals surface area contributed by atoms with Crippen LogP contribution in [0, 0.1) is 0 Å². The van der Waals surface area contributed by atoms with E-state index in [1.54, 1.807) is 0 Å². The van der Waals surface area contributed by atoms with Crippen molar-refractivity contribution in [1.82, 2.24) is 9.91 Å². The maximum absolute atomic E-state index is 13.7. The Morgan fingerprint density at radius 1 is 1.00 bits per heavy atom. The van der Waals surface area contributed by atoms with Crippen LogP contribution in [0.4, 0.5) is 22.0 Å². The van der Waals surface area contributed by atoms with Gasteiger partial charge in [0.05, 0.1) is 0 Å². The minimum atomic E-state index is -5.58. The lowest BCUT2D eigenvalue weighted by Crippen LogP contribution is -2.59. The fraction of sp³-hybridized carbons (Fsp3) is 0.917. The van der Waals surface area contributed by atoms with Crippen molar-refractivity contribution < 1.29 is 22.0 Å². The van der Waals surface area contributed by atoms with E-state index in [1.165, 1.54) is 0 Å². The van der Waals surface area contributed by atoms with Gasteiger partial charge in [-0.1, -0.05) is 26.7 Å². The van der Waals surface area contributed by atoms with E-state index in [0.29, 0.717) is 25.7 Å². The third kappa shape index (κ3) is 3.52. The SMILES string of the molecule is CCCCN1C=NN(CCCC)C1C(F)(F)C(F)(F)F. The summed E-state index contributed by atoms with van der Waals surface area (Å²) in [7, 11) is 0. The molecule has 1 aliphatic rings. The maximum atomic E-state index is 13.7. The van der Waals surface area contributed by atoms with Crippen LogP contribution in [0.5, 0.6) is 0 Å². The number of rotatable bonds is 7. The molecular formula is C12H20F5N3. The Kier molecular flexibility index (Phi) is 5.59. The lowest BCUT2D eigenvalue weighted by molar-refractivity contribution is -0.314. The van der Waals surface area contributed by atoms with Crippen LogP contribution in [-0.4, -0.2) is 47.6 Å². The molecule has 0 bridgehead atoms. The zero-order valence-electron chi connectivity index (χ0n) is 11.6. The van der Waals surface area contributed by atoms with Crippen molar-refractivity contribution in [3.8, 4) is 0 Å². The van der Waals surface area contributed by atoms with Gasteiger partial charge in [0.1, 0.15) is 6.34 Å². The molecule has 3 nitrogen and oxygen atoms in total. The third-order valence-corrected chi connectivity index (χ3v) is 3.16. The van der Waals surface area contributed by atoms with Crippen LogP contribution in [0.1, 0.15) is 39.5 Å². The van der Waals surface area contributed by atoms with Crippen LogP contribution in [0.15, 0.2) is 5.10 Å². The summed E-state index contributed by atoms with van der Waals surface area (Å²) in [6.07, 6.45) is -4.09. The molecule has 0 radical (unpaired) electrons. The predicted molar refractivity (Wildman–Crippen MR) is 66.5 cm³/mol. The van der Waals surface area contributed by atoms with E-state index in [2.05, 4.69) is 5.10 Å². The Morgan fingerprint density at radius 3 is 2.05 bits per heavy atom. The highest BCUT2D eigenvalue weighted by Gasteiger charge is 2.66. The summed E-state index contributed by atoms with van der Waals surface area (Å²) in [5.74, 6) is -4.81. The number of alkyl halides is 5. The third-order valence-electron chi connectivity index (χ3n) is 3.16. The fourth-order valence-corrected chi connectivity index (χ4v) is 1.99. The molecule has 0 saturated heterocycles. The van der Waals surface area contributed by atoms with Crippen LogP contribution in [0.2, 0.25) is 0 Å². The van der Waals surface area contributed by atoms with Crippen LogP contribution in [-0.2, 0) is 0 Å². The summed E-state index contributed by atoms with van der Waals surface area (Å²) >= 11 is 0. The molecule has 0 aromatic rings. The predicted octanol–water partition coefficient (Wildman–Crippen LogP) is 3.67. The highest BCUT2D eigenvalue weighted by Crippen LogP contribution is 2.42. The number of hydrazone groups is 1. The van der Waals surface area contributed by atoms with E-state index in [-0.39, 0.29) is 13.1 Å². The molecule has 0 spiro atoms. The van der Waals surface area contributed by atoms with Gasteiger partial charge in [0.2, 0.25) is 0 Å². The molecule has 0 fully saturated rings. The Balaban J connectivity index is 2.91. The highest BCUT2D eigenvalue weighted by atomic mass is 19.4. The molecule has 1 unspecified atom stereocenters. The molecule has 0 amide bonds. The van der Waals surface area contributed by atoms with Gasteiger partial charge in [-0.3, -0.25) is 5.01 Å². The summed E-state index contributed by atoms with van der Waals surface area (Å²) in [6.45, 7) is 3.91. The molecule has 0 aromatic heterocycles. The summed E-state index contributed by atoms with van der Waals surface area (Å²) < 4.78 is 65.3. The number of hydrogen-bond acceptors (Lipinski definition) is 3. The van der Waals surface area contributed by atoms with Crippen molar-refractivity contribution in [3.05, 3.63) is 0 Å². The molecule has 1 atom stereocenters. The molecule has 0 aromatic carbocycles. The second kappa shape index (κ2) is 6.58. The number of halogens is 5. The number of hydrogen-bond donors (Lipinski definition) is 0. The Morgan fingerprint density at radius 2 is 1.55 bits per heavy atom. The zero-order chi connectivity index (χ0) is 15.4. The topological polar surface area (TPSA) is 18.8 Å². The number of nitrogens with zero attached hydrogens (tertiary/aromatic N) is 3. The van der Waals surface area contributed by atoms with Crippen molar-refractivity contribution >= 4 is 6.34 Å². The molecule has 0 N–H and O–H groups in total. The average Bonchev–Trinajstić information content (AvgIpc) is 2.75. The van der Waals surface area contributed by atoms with Gasteiger partial charge in [-0.15, -0.1) is 0 Å². The molecule has 0 aliphatic carbocycles. The Hall–Kier alpha value is -1.08. The van der Waals surface area contributed by atoms with Crippen molar-refractivity contribution in [1.29, 1.82) is 0 Å². The smallest absolute Gasteiger partial charge is 0.334 e. The molecular weight excluding hydrogens is 281 g/mol. The highest BCUT2D eigenvalue weighted by molar-refractivity contribution is 5.57. The first kappa shape index (κ1) is 17.0. The van der Waals surface area contributed by atoms with E-state index < -0.39 is 18.3 Å².